The van der Waals surface area contributed by atoms with Gasteiger partial charge in [0.2, 0.25) is 11.8 Å². The molecule has 2 aromatic rings. The van der Waals surface area contributed by atoms with Crippen LogP contribution in [0.1, 0.15) is 6.42 Å². The average molecular weight is 306 g/mol. The number of hydrogen-bond acceptors (Lipinski definition) is 6. The molecule has 0 spiro atoms. The minimum absolute atomic E-state index is 0.189. The van der Waals surface area contributed by atoms with Crippen molar-refractivity contribution < 1.29 is 9.59 Å². The standard InChI is InChI=1S/C12H14N6O2S/c13-9(5-10(14)19)11(20)17-7-1-3-8(4-2-7)21-12-15-6-16-18-12/h1-4,6,9H,5,13H2,(H2,14,19)(H,17,20)(H,15,16,18). The molecule has 0 aliphatic heterocycles. The molecule has 1 atom stereocenters. The van der Waals surface area contributed by atoms with Gasteiger partial charge in [-0.05, 0) is 24.3 Å². The second-order valence-corrected chi connectivity index (χ2v) is 5.25. The van der Waals surface area contributed by atoms with E-state index in [0.717, 1.165) is 4.90 Å². The Bertz CT molecular complexity index is 613. The van der Waals surface area contributed by atoms with Crippen molar-refractivity contribution in [1.29, 1.82) is 0 Å². The second-order valence-electron chi connectivity index (χ2n) is 4.18. The van der Waals surface area contributed by atoms with Crippen LogP contribution in [0.5, 0.6) is 0 Å². The summed E-state index contributed by atoms with van der Waals surface area (Å²) in [4.78, 5) is 27.4. The summed E-state index contributed by atoms with van der Waals surface area (Å²) in [6.07, 6.45) is 1.24. The van der Waals surface area contributed by atoms with Gasteiger partial charge in [-0.1, -0.05) is 11.8 Å². The Morgan fingerprint density at radius 1 is 1.33 bits per heavy atom. The van der Waals surface area contributed by atoms with E-state index in [1.54, 1.807) is 12.1 Å². The molecule has 9 heteroatoms. The van der Waals surface area contributed by atoms with Crippen molar-refractivity contribution in [2.45, 2.75) is 22.5 Å². The topological polar surface area (TPSA) is 140 Å². The van der Waals surface area contributed by atoms with Crippen molar-refractivity contribution in [3.8, 4) is 0 Å². The zero-order valence-corrected chi connectivity index (χ0v) is 11.8. The molecule has 2 rings (SSSR count). The van der Waals surface area contributed by atoms with E-state index in [9.17, 15) is 9.59 Å². The van der Waals surface area contributed by atoms with Crippen LogP contribution in [0.25, 0.3) is 0 Å². The summed E-state index contributed by atoms with van der Waals surface area (Å²) >= 11 is 1.41. The molecule has 0 saturated carbocycles. The number of benzene rings is 1. The maximum Gasteiger partial charge on any atom is 0.241 e. The quantitative estimate of drug-likeness (QED) is 0.596. The maximum atomic E-state index is 11.7. The van der Waals surface area contributed by atoms with Crippen molar-refractivity contribution in [3.05, 3.63) is 30.6 Å². The number of primary amides is 1. The van der Waals surface area contributed by atoms with Gasteiger partial charge >= 0.3 is 0 Å². The van der Waals surface area contributed by atoms with Crippen LogP contribution in [0.15, 0.2) is 40.6 Å². The van der Waals surface area contributed by atoms with Gasteiger partial charge in [-0.3, -0.25) is 14.7 Å². The van der Waals surface area contributed by atoms with Crippen molar-refractivity contribution in [2.75, 3.05) is 5.32 Å². The smallest absolute Gasteiger partial charge is 0.241 e. The minimum Gasteiger partial charge on any atom is -0.370 e. The summed E-state index contributed by atoms with van der Waals surface area (Å²) in [5.74, 6) is -1.07. The maximum absolute atomic E-state index is 11.7. The molecule has 1 aromatic heterocycles. The second kappa shape index (κ2) is 6.86. The molecule has 1 unspecified atom stereocenters. The third kappa shape index (κ3) is 4.58. The van der Waals surface area contributed by atoms with E-state index < -0.39 is 17.9 Å². The van der Waals surface area contributed by atoms with Crippen LogP contribution < -0.4 is 16.8 Å². The van der Waals surface area contributed by atoms with E-state index in [-0.39, 0.29) is 6.42 Å². The van der Waals surface area contributed by atoms with Gasteiger partial charge in [-0.15, -0.1) is 0 Å². The SMILES string of the molecule is NC(=O)CC(N)C(=O)Nc1ccc(Sc2ncn[nH]2)cc1. The molecule has 0 bridgehead atoms. The first-order valence-corrected chi connectivity index (χ1v) is 6.84. The molecule has 0 aliphatic rings. The van der Waals surface area contributed by atoms with Gasteiger partial charge in [-0.25, -0.2) is 4.98 Å². The summed E-state index contributed by atoms with van der Waals surface area (Å²) in [5, 5.41) is 9.78. The molecule has 8 nitrogen and oxygen atoms in total. The lowest BCUT2D eigenvalue weighted by atomic mass is 10.2. The van der Waals surface area contributed by atoms with Crippen molar-refractivity contribution in [3.63, 3.8) is 0 Å². The van der Waals surface area contributed by atoms with Crippen molar-refractivity contribution in [1.82, 2.24) is 15.2 Å². The normalized spacial score (nSPS) is 11.9. The highest BCUT2D eigenvalue weighted by Crippen LogP contribution is 2.25. The molecule has 6 N–H and O–H groups in total. The molecular formula is C12H14N6O2S. The van der Waals surface area contributed by atoms with Gasteiger partial charge in [0.25, 0.3) is 0 Å². The average Bonchev–Trinajstić information content (AvgIpc) is 2.93. The number of rotatable bonds is 6. The molecule has 110 valence electrons. The van der Waals surface area contributed by atoms with E-state index in [1.807, 2.05) is 12.1 Å². The molecule has 0 saturated heterocycles. The number of amides is 2. The van der Waals surface area contributed by atoms with Crippen LogP contribution in [-0.2, 0) is 9.59 Å². The number of aromatic amines is 1. The van der Waals surface area contributed by atoms with E-state index in [2.05, 4.69) is 20.5 Å². The van der Waals surface area contributed by atoms with Crippen LogP contribution in [0, 0.1) is 0 Å². The molecule has 1 heterocycles. The summed E-state index contributed by atoms with van der Waals surface area (Å²) < 4.78 is 0. The van der Waals surface area contributed by atoms with Gasteiger partial charge in [0.15, 0.2) is 5.16 Å². The van der Waals surface area contributed by atoms with E-state index in [4.69, 9.17) is 11.5 Å². The van der Waals surface area contributed by atoms with Crippen LogP contribution in [0.3, 0.4) is 0 Å². The number of nitrogens with one attached hydrogen (secondary N) is 2. The Hall–Kier alpha value is -2.39. The third-order valence-electron chi connectivity index (χ3n) is 2.49. The first-order valence-electron chi connectivity index (χ1n) is 6.02. The van der Waals surface area contributed by atoms with Gasteiger partial charge in [0, 0.05) is 10.6 Å². The lowest BCUT2D eigenvalue weighted by Crippen LogP contribution is -2.38. The molecule has 0 fully saturated rings. The number of nitrogens with two attached hydrogens (primary N) is 2. The van der Waals surface area contributed by atoms with Crippen LogP contribution in [-0.4, -0.2) is 33.0 Å². The first kappa shape index (κ1) is 15.0. The van der Waals surface area contributed by atoms with Gasteiger partial charge < -0.3 is 16.8 Å². The summed E-state index contributed by atoms with van der Waals surface area (Å²) in [6.45, 7) is 0. The zero-order valence-electron chi connectivity index (χ0n) is 10.9. The number of H-pyrrole nitrogens is 1. The van der Waals surface area contributed by atoms with Crippen LogP contribution in [0.4, 0.5) is 5.69 Å². The fourth-order valence-corrected chi connectivity index (χ4v) is 2.20. The monoisotopic (exact) mass is 306 g/mol. The molecule has 1 aromatic carbocycles. The molecule has 21 heavy (non-hydrogen) atoms. The highest BCUT2D eigenvalue weighted by Gasteiger charge is 2.15. The van der Waals surface area contributed by atoms with E-state index in [1.165, 1.54) is 18.1 Å². The summed E-state index contributed by atoms with van der Waals surface area (Å²) in [5.41, 5.74) is 11.1. The predicted molar refractivity (Wildman–Crippen MR) is 77.4 cm³/mol. The number of carbonyl (C=O) groups excluding carboxylic acids is 2. The zero-order chi connectivity index (χ0) is 15.2. The number of nitrogens with zero attached hydrogens (tertiary/aromatic N) is 2. The minimum atomic E-state index is -0.953. The Balaban J connectivity index is 1.93. The fraction of sp³-hybridized carbons (Fsp3) is 0.167. The molecule has 2 amide bonds. The number of aromatic nitrogens is 3. The van der Waals surface area contributed by atoms with Crippen LogP contribution in [0.2, 0.25) is 0 Å². The third-order valence-corrected chi connectivity index (χ3v) is 3.39. The Kier molecular flexibility index (Phi) is 4.90. The summed E-state index contributed by atoms with van der Waals surface area (Å²) in [7, 11) is 0. The Labute approximate surface area is 124 Å². The van der Waals surface area contributed by atoms with E-state index >= 15 is 0 Å². The fourth-order valence-electron chi connectivity index (χ4n) is 1.51. The Morgan fingerprint density at radius 3 is 2.62 bits per heavy atom. The van der Waals surface area contributed by atoms with Gasteiger partial charge in [-0.2, -0.15) is 5.10 Å². The van der Waals surface area contributed by atoms with Crippen molar-refractivity contribution in [2.24, 2.45) is 11.5 Å². The van der Waals surface area contributed by atoms with E-state index in [0.29, 0.717) is 10.8 Å². The lowest BCUT2D eigenvalue weighted by molar-refractivity contribution is -0.123. The molecular weight excluding hydrogens is 292 g/mol. The number of anilines is 1. The first-order chi connectivity index (χ1) is 10.0. The lowest BCUT2D eigenvalue weighted by Gasteiger charge is -2.10. The van der Waals surface area contributed by atoms with Gasteiger partial charge in [0.05, 0.1) is 12.5 Å². The molecule has 0 aliphatic carbocycles. The van der Waals surface area contributed by atoms with Crippen molar-refractivity contribution >= 4 is 29.3 Å². The largest absolute Gasteiger partial charge is 0.370 e. The van der Waals surface area contributed by atoms with Crippen LogP contribution >= 0.6 is 11.8 Å². The molecule has 0 radical (unpaired) electrons. The summed E-state index contributed by atoms with van der Waals surface area (Å²) in [6, 6.07) is 6.15. The number of carbonyl (C=O) groups is 2. The number of hydrogen-bond donors (Lipinski definition) is 4. The highest BCUT2D eigenvalue weighted by molar-refractivity contribution is 7.99. The predicted octanol–water partition coefficient (Wildman–Crippen LogP) is 0.0971. The highest BCUT2D eigenvalue weighted by atomic mass is 32.2. The Morgan fingerprint density at radius 2 is 2.05 bits per heavy atom. The van der Waals surface area contributed by atoms with Gasteiger partial charge in [0.1, 0.15) is 6.33 Å².